The average molecular weight is 1040 g/mol. The number of para-hydroxylation sites is 3. The van der Waals surface area contributed by atoms with Crippen LogP contribution in [0.4, 0.5) is 0 Å². The predicted octanol–water partition coefficient (Wildman–Crippen LogP) is 18.9. The molecule has 3 aromatic heterocycles. The lowest BCUT2D eigenvalue weighted by molar-refractivity contribution is 0.426. The molecule has 380 valence electrons. The summed E-state index contributed by atoms with van der Waals surface area (Å²) in [6.07, 6.45) is 5.16. The zero-order valence-electron chi connectivity index (χ0n) is 44.0. The van der Waals surface area contributed by atoms with Crippen LogP contribution in [0.15, 0.2) is 285 Å². The highest BCUT2D eigenvalue weighted by Crippen LogP contribution is 2.48. The van der Waals surface area contributed by atoms with Gasteiger partial charge in [0, 0.05) is 55.4 Å². The molecule has 11 aromatic carbocycles. The number of nitrogens with zero attached hydrogens (tertiary/aromatic N) is 5. The lowest BCUT2D eigenvalue weighted by Gasteiger charge is -2.18. The van der Waals surface area contributed by atoms with Crippen LogP contribution in [-0.2, 0) is 0 Å². The Labute approximate surface area is 468 Å². The molecule has 0 saturated heterocycles. The smallest absolute Gasteiger partial charge is 0.166 e. The number of fused-ring (bicyclic) bond motifs is 9. The van der Waals surface area contributed by atoms with E-state index in [2.05, 4.69) is 282 Å². The van der Waals surface area contributed by atoms with Crippen LogP contribution in [-0.4, -0.2) is 24.1 Å². The van der Waals surface area contributed by atoms with E-state index >= 15 is 0 Å². The second-order valence-electron chi connectivity index (χ2n) is 21.0. The van der Waals surface area contributed by atoms with Crippen molar-refractivity contribution in [1.29, 1.82) is 0 Å². The minimum atomic E-state index is 0.140. The molecule has 0 bridgehead atoms. The van der Waals surface area contributed by atoms with Crippen molar-refractivity contribution < 1.29 is 4.74 Å². The number of hydrogen-bond donors (Lipinski definition) is 0. The van der Waals surface area contributed by atoms with Crippen molar-refractivity contribution in [3.63, 3.8) is 0 Å². The van der Waals surface area contributed by atoms with Gasteiger partial charge < -0.3 is 13.9 Å². The number of rotatable bonds is 9. The lowest BCUT2D eigenvalue weighted by Crippen LogP contribution is -2.08. The van der Waals surface area contributed by atoms with Crippen molar-refractivity contribution in [3.8, 4) is 84.4 Å². The van der Waals surface area contributed by atoms with Crippen LogP contribution < -0.4 is 4.74 Å². The van der Waals surface area contributed by atoms with Gasteiger partial charge in [0.15, 0.2) is 17.5 Å². The standard InChI is InChI=1S/C75H49N5O/c1-5-20-48(21-6-1)51-26-17-27-54(44-51)73-76-74(55-40-41-58-57-30-14-16-37-69(57)81-70(58)47-55)78-75(77-73)63-43-39-53(50-24-9-3-10-25-50)46-68(63)80-66-36-19-33-60(72(66)62-42-38-52(45-67(62)80)49-22-7-2-8-23-49)59-32-18-35-65-71(59)61-31-13-15-34-64(61)79(65)56-28-11-4-12-29-56/h1-40,42-47,58H,41H2. The first-order valence-corrected chi connectivity index (χ1v) is 27.7. The summed E-state index contributed by atoms with van der Waals surface area (Å²) in [5.41, 5.74) is 19.4. The van der Waals surface area contributed by atoms with E-state index in [-0.39, 0.29) is 5.92 Å². The third-order valence-electron chi connectivity index (χ3n) is 16.3. The second-order valence-corrected chi connectivity index (χ2v) is 21.0. The Morgan fingerprint density at radius 2 is 0.889 bits per heavy atom. The van der Waals surface area contributed by atoms with E-state index < -0.39 is 0 Å². The summed E-state index contributed by atoms with van der Waals surface area (Å²) in [6.45, 7) is 0. The Bertz CT molecular complexity index is 4860. The SMILES string of the molecule is C1=C(c2nc(-c3cccc(-c4ccccc4)c3)nc(-c3ccc(-c4ccccc4)cc3-n3c4cc(-c5ccccc5)ccc4c4c(-c5cccc6c5c5ccccc5n6-c5ccccc5)cccc43)n2)C=C2Oc3ccccc3C2C1. The highest BCUT2D eigenvalue weighted by Gasteiger charge is 2.32. The fourth-order valence-electron chi connectivity index (χ4n) is 12.6. The number of hydrogen-bond acceptors (Lipinski definition) is 4. The van der Waals surface area contributed by atoms with E-state index in [9.17, 15) is 0 Å². The number of benzene rings is 11. The molecule has 1 unspecified atom stereocenters. The van der Waals surface area contributed by atoms with Crippen molar-refractivity contribution in [2.75, 3.05) is 0 Å². The molecule has 6 heteroatoms. The molecule has 4 heterocycles. The highest BCUT2D eigenvalue weighted by molar-refractivity contribution is 6.22. The number of aromatic nitrogens is 5. The largest absolute Gasteiger partial charge is 0.461 e. The Morgan fingerprint density at radius 1 is 0.358 bits per heavy atom. The fraction of sp³-hybridized carbons (Fsp3) is 0.0267. The quantitative estimate of drug-likeness (QED) is 0.145. The summed E-state index contributed by atoms with van der Waals surface area (Å²) in [5.74, 6) is 3.69. The van der Waals surface area contributed by atoms with Crippen molar-refractivity contribution in [1.82, 2.24) is 24.1 Å². The minimum Gasteiger partial charge on any atom is -0.461 e. The van der Waals surface area contributed by atoms with Crippen LogP contribution in [0.3, 0.4) is 0 Å². The fourth-order valence-corrected chi connectivity index (χ4v) is 12.6. The first kappa shape index (κ1) is 46.4. The summed E-state index contributed by atoms with van der Waals surface area (Å²) in [7, 11) is 0. The number of allylic oxidation sites excluding steroid dienone is 4. The maximum absolute atomic E-state index is 6.56. The lowest BCUT2D eigenvalue weighted by atomic mass is 9.89. The van der Waals surface area contributed by atoms with E-state index in [1.807, 2.05) is 6.07 Å². The molecular weight excluding hydrogens is 987 g/mol. The predicted molar refractivity (Wildman–Crippen MR) is 332 cm³/mol. The van der Waals surface area contributed by atoms with Crippen molar-refractivity contribution in [3.05, 3.63) is 296 Å². The van der Waals surface area contributed by atoms with Crippen molar-refractivity contribution in [2.45, 2.75) is 12.3 Å². The Balaban J connectivity index is 0.970. The van der Waals surface area contributed by atoms with Gasteiger partial charge in [0.1, 0.15) is 11.5 Å². The monoisotopic (exact) mass is 1040 g/mol. The molecular formula is C75H49N5O. The number of ether oxygens (including phenoxy) is 1. The molecule has 0 N–H and O–H groups in total. The molecule has 6 nitrogen and oxygen atoms in total. The maximum Gasteiger partial charge on any atom is 0.166 e. The van der Waals surface area contributed by atoms with Gasteiger partial charge in [-0.25, -0.2) is 15.0 Å². The normalized spacial score (nSPS) is 13.8. The van der Waals surface area contributed by atoms with Crippen LogP contribution >= 0.6 is 0 Å². The van der Waals surface area contributed by atoms with Gasteiger partial charge in [-0.2, -0.15) is 0 Å². The first-order chi connectivity index (χ1) is 40.2. The van der Waals surface area contributed by atoms with E-state index in [1.165, 1.54) is 27.4 Å². The Hall–Kier alpha value is -10.7. The molecule has 1 aliphatic heterocycles. The molecule has 81 heavy (non-hydrogen) atoms. The third kappa shape index (κ3) is 7.83. The molecule has 14 aromatic rings. The minimum absolute atomic E-state index is 0.140. The van der Waals surface area contributed by atoms with Crippen LogP contribution in [0, 0.1) is 0 Å². The molecule has 0 saturated carbocycles. The summed E-state index contributed by atoms with van der Waals surface area (Å²) in [5, 5.41) is 4.72. The van der Waals surface area contributed by atoms with Gasteiger partial charge in [0.05, 0.1) is 27.8 Å². The summed E-state index contributed by atoms with van der Waals surface area (Å²) < 4.78 is 11.4. The summed E-state index contributed by atoms with van der Waals surface area (Å²) >= 11 is 0. The van der Waals surface area contributed by atoms with Gasteiger partial charge >= 0.3 is 0 Å². The van der Waals surface area contributed by atoms with Gasteiger partial charge in [0.25, 0.3) is 0 Å². The van der Waals surface area contributed by atoms with Gasteiger partial charge in [-0.1, -0.05) is 212 Å². The van der Waals surface area contributed by atoms with Crippen LogP contribution in [0.1, 0.15) is 23.7 Å². The molecule has 0 fully saturated rings. The summed E-state index contributed by atoms with van der Waals surface area (Å²) in [6, 6.07) is 95.5. The molecule has 0 amide bonds. The summed E-state index contributed by atoms with van der Waals surface area (Å²) in [4.78, 5) is 16.5. The third-order valence-corrected chi connectivity index (χ3v) is 16.3. The Kier molecular flexibility index (Phi) is 10.9. The molecule has 0 spiro atoms. The van der Waals surface area contributed by atoms with Gasteiger partial charge in [-0.05, 0) is 118 Å². The topological polar surface area (TPSA) is 57.8 Å². The molecule has 1 atom stereocenters. The average Bonchev–Trinajstić information content (AvgIpc) is 4.24. The molecule has 16 rings (SSSR count). The van der Waals surface area contributed by atoms with Gasteiger partial charge in [-0.15, -0.1) is 0 Å². The molecule has 2 aliphatic rings. The maximum atomic E-state index is 6.56. The van der Waals surface area contributed by atoms with Crippen LogP contribution in [0.2, 0.25) is 0 Å². The van der Waals surface area contributed by atoms with Crippen molar-refractivity contribution in [2.24, 2.45) is 0 Å². The molecule has 1 aliphatic carbocycles. The van der Waals surface area contributed by atoms with E-state index in [0.29, 0.717) is 17.5 Å². The van der Waals surface area contributed by atoms with Crippen LogP contribution in [0.25, 0.3) is 128 Å². The first-order valence-electron chi connectivity index (χ1n) is 27.7. The zero-order valence-corrected chi connectivity index (χ0v) is 44.0. The van der Waals surface area contributed by atoms with Gasteiger partial charge in [-0.3, -0.25) is 0 Å². The highest BCUT2D eigenvalue weighted by atomic mass is 16.5. The zero-order chi connectivity index (χ0) is 53.4. The van der Waals surface area contributed by atoms with E-state index in [1.54, 1.807) is 0 Å². The Morgan fingerprint density at radius 3 is 1.62 bits per heavy atom. The van der Waals surface area contributed by atoms with E-state index in [0.717, 1.165) is 112 Å². The van der Waals surface area contributed by atoms with Gasteiger partial charge in [0.2, 0.25) is 0 Å². The van der Waals surface area contributed by atoms with Crippen molar-refractivity contribution >= 4 is 49.2 Å². The molecule has 0 radical (unpaired) electrons. The second kappa shape index (κ2) is 19.0. The van der Waals surface area contributed by atoms with Crippen LogP contribution in [0.5, 0.6) is 5.75 Å². The van der Waals surface area contributed by atoms with E-state index in [4.69, 9.17) is 19.7 Å².